The third-order valence-corrected chi connectivity index (χ3v) is 3.19. The minimum Gasteiger partial charge on any atom is -0.379 e. The maximum atomic E-state index is 5.62. The normalized spacial score (nSPS) is 18.3. The highest BCUT2D eigenvalue weighted by atomic mass is 32.2. The maximum absolute atomic E-state index is 5.62. The molecule has 4 heteroatoms. The van der Waals surface area contributed by atoms with Crippen molar-refractivity contribution in [2.45, 2.75) is 4.90 Å². The molecule has 1 aromatic rings. The quantitative estimate of drug-likeness (QED) is 0.524. The van der Waals surface area contributed by atoms with Gasteiger partial charge in [0, 0.05) is 18.0 Å². The second-order valence-corrected chi connectivity index (χ2v) is 4.37. The van der Waals surface area contributed by atoms with Crippen molar-refractivity contribution in [1.29, 1.82) is 0 Å². The molecular weight excluding hydrogens is 193 g/mol. The van der Waals surface area contributed by atoms with Gasteiger partial charge >= 0.3 is 0 Å². The van der Waals surface area contributed by atoms with Crippen LogP contribution in [0.1, 0.15) is 0 Å². The Bertz CT molecular complexity index is 285. The summed E-state index contributed by atoms with van der Waals surface area (Å²) < 4.78 is 7.60. The lowest BCUT2D eigenvalue weighted by atomic mass is 9.97. The summed E-state index contributed by atoms with van der Waals surface area (Å²) in [4.78, 5) is 1.24. The van der Waals surface area contributed by atoms with E-state index in [-0.39, 0.29) is 0 Å². The summed E-state index contributed by atoms with van der Waals surface area (Å²) in [5.41, 5.74) is 0.816. The van der Waals surface area contributed by atoms with E-state index >= 15 is 0 Å². The van der Waals surface area contributed by atoms with Gasteiger partial charge in [0.2, 0.25) is 0 Å². The number of nitrogens with zero attached hydrogens (tertiary/aromatic N) is 1. The average molecular weight is 205 g/mol. The van der Waals surface area contributed by atoms with Gasteiger partial charge in [0.05, 0.1) is 13.2 Å². The molecule has 0 aliphatic carbocycles. The fourth-order valence-corrected chi connectivity index (χ4v) is 2.20. The van der Waals surface area contributed by atoms with Gasteiger partial charge in [-0.25, -0.2) is 4.31 Å². The van der Waals surface area contributed by atoms with Crippen LogP contribution in [-0.2, 0) is 4.74 Å². The van der Waals surface area contributed by atoms with Gasteiger partial charge in [-0.1, -0.05) is 17.6 Å². The van der Waals surface area contributed by atoms with E-state index in [1.807, 2.05) is 12.1 Å². The van der Waals surface area contributed by atoms with Crippen LogP contribution in [0.2, 0.25) is 0 Å². The van der Waals surface area contributed by atoms with Crippen molar-refractivity contribution in [3.63, 3.8) is 0 Å². The van der Waals surface area contributed by atoms with Crippen LogP contribution in [0, 0.1) is 0 Å². The second kappa shape index (κ2) is 4.87. The Kier molecular flexibility index (Phi) is 3.51. The van der Waals surface area contributed by atoms with E-state index in [1.165, 1.54) is 4.90 Å². The van der Waals surface area contributed by atoms with E-state index in [0.29, 0.717) is 0 Å². The molecule has 0 atom stereocenters. The highest BCUT2D eigenvalue weighted by molar-refractivity contribution is 7.97. The molecule has 1 saturated heterocycles. The molecule has 2 nitrogen and oxygen atoms in total. The molecule has 1 aliphatic heterocycles. The molecule has 1 aromatic carbocycles. The van der Waals surface area contributed by atoms with Crippen LogP contribution in [0.5, 0.6) is 0 Å². The van der Waals surface area contributed by atoms with Gasteiger partial charge in [-0.05, 0) is 24.1 Å². The molecule has 14 heavy (non-hydrogen) atoms. The van der Waals surface area contributed by atoms with Crippen LogP contribution >= 0.6 is 11.9 Å². The molecule has 0 spiro atoms. The maximum Gasteiger partial charge on any atom is 0.113 e. The van der Waals surface area contributed by atoms with E-state index in [9.17, 15) is 0 Å². The number of hydrogen-bond acceptors (Lipinski definition) is 3. The third-order valence-electron chi connectivity index (χ3n) is 2.08. The first kappa shape index (κ1) is 10.1. The fourth-order valence-electron chi connectivity index (χ4n) is 1.32. The van der Waals surface area contributed by atoms with E-state index < -0.39 is 0 Å². The molecule has 2 radical (unpaired) electrons. The summed E-state index contributed by atoms with van der Waals surface area (Å²) in [6, 6.07) is 7.97. The molecule has 0 unspecified atom stereocenters. The van der Waals surface area contributed by atoms with E-state index in [1.54, 1.807) is 11.9 Å². The van der Waals surface area contributed by atoms with Crippen LogP contribution in [-0.4, -0.2) is 38.5 Å². The van der Waals surface area contributed by atoms with E-state index in [0.717, 1.165) is 31.8 Å². The zero-order valence-corrected chi connectivity index (χ0v) is 8.80. The minimum absolute atomic E-state index is 0.816. The van der Waals surface area contributed by atoms with Crippen molar-refractivity contribution in [1.82, 2.24) is 4.31 Å². The largest absolute Gasteiger partial charge is 0.379 e. The molecular formula is C10H12BNOS. The third kappa shape index (κ3) is 2.77. The predicted molar refractivity (Wildman–Crippen MR) is 60.1 cm³/mol. The van der Waals surface area contributed by atoms with Crippen molar-refractivity contribution in [3.8, 4) is 0 Å². The number of hydrogen-bond donors (Lipinski definition) is 0. The van der Waals surface area contributed by atoms with Gasteiger partial charge < -0.3 is 4.74 Å². The highest BCUT2D eigenvalue weighted by Gasteiger charge is 2.10. The Labute approximate surface area is 90.2 Å². The van der Waals surface area contributed by atoms with Crippen LogP contribution < -0.4 is 5.46 Å². The van der Waals surface area contributed by atoms with Gasteiger partial charge in [0.15, 0.2) is 0 Å². The lowest BCUT2D eigenvalue weighted by molar-refractivity contribution is 0.0773. The molecule has 1 aliphatic rings. The second-order valence-electron chi connectivity index (χ2n) is 3.20. The predicted octanol–water partition coefficient (Wildman–Crippen LogP) is 0.820. The topological polar surface area (TPSA) is 12.5 Å². The summed E-state index contributed by atoms with van der Waals surface area (Å²) in [5, 5.41) is 0. The number of ether oxygens (including phenoxy) is 1. The van der Waals surface area contributed by atoms with Crippen LogP contribution in [0.25, 0.3) is 0 Å². The van der Waals surface area contributed by atoms with Gasteiger partial charge in [-0.15, -0.1) is 0 Å². The smallest absolute Gasteiger partial charge is 0.113 e. The summed E-state index contributed by atoms with van der Waals surface area (Å²) in [6.45, 7) is 3.66. The van der Waals surface area contributed by atoms with Gasteiger partial charge in [0.25, 0.3) is 0 Å². The first-order valence-corrected chi connectivity index (χ1v) is 5.48. The van der Waals surface area contributed by atoms with E-state index in [2.05, 4.69) is 16.4 Å². The molecule has 0 aromatic heterocycles. The van der Waals surface area contributed by atoms with Crippen molar-refractivity contribution in [2.24, 2.45) is 0 Å². The summed E-state index contributed by atoms with van der Waals surface area (Å²) >= 11 is 1.77. The van der Waals surface area contributed by atoms with Crippen LogP contribution in [0.3, 0.4) is 0 Å². The number of benzene rings is 1. The molecule has 72 valence electrons. The summed E-state index contributed by atoms with van der Waals surface area (Å²) in [5.74, 6) is 0. The van der Waals surface area contributed by atoms with Gasteiger partial charge in [-0.3, -0.25) is 0 Å². The van der Waals surface area contributed by atoms with Gasteiger partial charge in [-0.2, -0.15) is 0 Å². The van der Waals surface area contributed by atoms with Crippen LogP contribution in [0.4, 0.5) is 0 Å². The highest BCUT2D eigenvalue weighted by Crippen LogP contribution is 2.22. The molecule has 0 N–H and O–H groups in total. The molecule has 1 heterocycles. The monoisotopic (exact) mass is 205 g/mol. The van der Waals surface area contributed by atoms with Crippen molar-refractivity contribution in [2.75, 3.05) is 26.3 Å². The Morgan fingerprint density at radius 3 is 2.43 bits per heavy atom. The molecule has 2 rings (SSSR count). The lowest BCUT2D eigenvalue weighted by Crippen LogP contribution is -2.30. The van der Waals surface area contributed by atoms with Crippen molar-refractivity contribution >= 4 is 25.3 Å². The molecule has 0 amide bonds. The average Bonchev–Trinajstić information content (AvgIpc) is 2.23. The minimum atomic E-state index is 0.816. The lowest BCUT2D eigenvalue weighted by Gasteiger charge is -2.25. The zero-order chi connectivity index (χ0) is 9.80. The van der Waals surface area contributed by atoms with Crippen molar-refractivity contribution < 1.29 is 4.74 Å². The first-order chi connectivity index (χ1) is 6.84. The number of rotatable bonds is 2. The Morgan fingerprint density at radius 2 is 1.79 bits per heavy atom. The standard InChI is InChI=1S/C10H12BNOS/c11-9-1-3-10(4-2-9)14-12-5-7-13-8-6-12/h1-4H,5-8H2. The molecule has 1 fully saturated rings. The molecule has 0 bridgehead atoms. The zero-order valence-electron chi connectivity index (χ0n) is 7.98. The van der Waals surface area contributed by atoms with Gasteiger partial charge in [0.1, 0.15) is 7.85 Å². The fraction of sp³-hybridized carbons (Fsp3) is 0.400. The first-order valence-electron chi connectivity index (χ1n) is 4.71. The summed E-state index contributed by atoms with van der Waals surface area (Å²) in [7, 11) is 5.62. The summed E-state index contributed by atoms with van der Waals surface area (Å²) in [6.07, 6.45) is 0. The SMILES string of the molecule is [B]c1ccc(SN2CCOCC2)cc1. The Hall–Kier alpha value is -0.445. The van der Waals surface area contributed by atoms with E-state index in [4.69, 9.17) is 12.6 Å². The van der Waals surface area contributed by atoms with Crippen LogP contribution in [0.15, 0.2) is 29.2 Å². The Morgan fingerprint density at radius 1 is 1.14 bits per heavy atom. The van der Waals surface area contributed by atoms with Crippen molar-refractivity contribution in [3.05, 3.63) is 24.3 Å². The number of morpholine rings is 1. The molecule has 0 saturated carbocycles. The Balaban J connectivity index is 1.92.